The predicted molar refractivity (Wildman–Crippen MR) is 104 cm³/mol. The van der Waals surface area contributed by atoms with E-state index in [1.807, 2.05) is 6.92 Å². The topological polar surface area (TPSA) is 95.4 Å². The zero-order valence-corrected chi connectivity index (χ0v) is 16.6. The Morgan fingerprint density at radius 1 is 1.54 bits per heavy atom. The van der Waals surface area contributed by atoms with E-state index in [9.17, 15) is 9.59 Å². The van der Waals surface area contributed by atoms with Crippen LogP contribution in [0.5, 0.6) is 5.88 Å². The molecule has 2 aliphatic carbocycles. The molecule has 0 aromatic carbocycles. The summed E-state index contributed by atoms with van der Waals surface area (Å²) >= 11 is 6.34. The van der Waals surface area contributed by atoms with Crippen LogP contribution in [0.4, 0.5) is 0 Å². The summed E-state index contributed by atoms with van der Waals surface area (Å²) in [6.45, 7) is 2.82. The van der Waals surface area contributed by atoms with Gasteiger partial charge in [-0.3, -0.25) is 15.0 Å². The summed E-state index contributed by atoms with van der Waals surface area (Å²) in [7, 11) is 1.49. The SMILES string of the molecule is CNC(=O)C(=N)C12C=CC1C(=O)N(C(C)c1cnc(OCC3CC3)c(Cl)c1)C2. The van der Waals surface area contributed by atoms with E-state index in [1.54, 1.807) is 29.3 Å². The first-order valence-electron chi connectivity index (χ1n) is 9.46. The summed E-state index contributed by atoms with van der Waals surface area (Å²) < 4.78 is 5.67. The van der Waals surface area contributed by atoms with Crippen LogP contribution in [0, 0.1) is 22.7 Å². The Kier molecular flexibility index (Phi) is 4.65. The number of nitrogens with one attached hydrogen (secondary N) is 2. The summed E-state index contributed by atoms with van der Waals surface area (Å²) in [6, 6.07) is 1.50. The lowest BCUT2D eigenvalue weighted by atomic mass is 9.65. The molecule has 4 rings (SSSR count). The van der Waals surface area contributed by atoms with E-state index < -0.39 is 17.2 Å². The van der Waals surface area contributed by atoms with Crippen LogP contribution in [0.15, 0.2) is 24.4 Å². The van der Waals surface area contributed by atoms with Crippen molar-refractivity contribution in [1.82, 2.24) is 15.2 Å². The Labute approximate surface area is 168 Å². The van der Waals surface area contributed by atoms with Gasteiger partial charge >= 0.3 is 0 Å². The van der Waals surface area contributed by atoms with Gasteiger partial charge in [0.05, 0.1) is 24.0 Å². The number of halogens is 1. The van der Waals surface area contributed by atoms with E-state index in [1.165, 1.54) is 19.9 Å². The highest BCUT2D eigenvalue weighted by Gasteiger charge is 2.59. The lowest BCUT2D eigenvalue weighted by Gasteiger charge is -2.35. The Morgan fingerprint density at radius 2 is 2.29 bits per heavy atom. The van der Waals surface area contributed by atoms with Gasteiger partial charge in [-0.05, 0) is 37.3 Å². The minimum Gasteiger partial charge on any atom is -0.476 e. The van der Waals surface area contributed by atoms with Crippen LogP contribution >= 0.6 is 11.6 Å². The third kappa shape index (κ3) is 2.98. The number of rotatable bonds is 7. The van der Waals surface area contributed by atoms with Crippen molar-refractivity contribution >= 4 is 29.1 Å². The highest BCUT2D eigenvalue weighted by Crippen LogP contribution is 2.49. The van der Waals surface area contributed by atoms with Crippen LogP contribution in [0.2, 0.25) is 5.02 Å². The number of hydrogen-bond acceptors (Lipinski definition) is 5. The summed E-state index contributed by atoms with van der Waals surface area (Å²) in [5.74, 6) is 0.00190. The van der Waals surface area contributed by atoms with Crippen molar-refractivity contribution in [1.29, 1.82) is 5.41 Å². The monoisotopic (exact) mass is 402 g/mol. The van der Waals surface area contributed by atoms with Crippen molar-refractivity contribution in [3.8, 4) is 5.88 Å². The lowest BCUT2D eigenvalue weighted by molar-refractivity contribution is -0.131. The second kappa shape index (κ2) is 6.88. The van der Waals surface area contributed by atoms with E-state index in [0.29, 0.717) is 23.4 Å². The van der Waals surface area contributed by atoms with Crippen LogP contribution in [0.1, 0.15) is 31.4 Å². The number of fused-ring (bicyclic) bond motifs is 1. The van der Waals surface area contributed by atoms with Gasteiger partial charge in [0.15, 0.2) is 0 Å². The Balaban J connectivity index is 1.51. The van der Waals surface area contributed by atoms with Crippen LogP contribution in [0.3, 0.4) is 0 Å². The quantitative estimate of drug-likeness (QED) is 0.540. The molecule has 28 heavy (non-hydrogen) atoms. The van der Waals surface area contributed by atoms with Crippen LogP contribution in [0.25, 0.3) is 0 Å². The number of pyridine rings is 1. The third-order valence-corrected chi connectivity index (χ3v) is 6.24. The van der Waals surface area contributed by atoms with E-state index in [4.69, 9.17) is 21.7 Å². The molecule has 2 heterocycles. The number of carbonyl (C=O) groups is 2. The molecule has 1 aromatic heterocycles. The summed E-state index contributed by atoms with van der Waals surface area (Å²) in [6.07, 6.45) is 7.61. The molecule has 2 amide bonds. The van der Waals surface area contributed by atoms with Crippen molar-refractivity contribution in [3.63, 3.8) is 0 Å². The van der Waals surface area contributed by atoms with Gasteiger partial charge in [0.25, 0.3) is 5.91 Å². The number of amides is 2. The first-order valence-corrected chi connectivity index (χ1v) is 9.84. The van der Waals surface area contributed by atoms with Crippen molar-refractivity contribution in [2.45, 2.75) is 25.8 Å². The smallest absolute Gasteiger partial charge is 0.265 e. The number of aromatic nitrogens is 1. The van der Waals surface area contributed by atoms with Crippen LogP contribution in [-0.4, -0.2) is 47.6 Å². The van der Waals surface area contributed by atoms with Crippen molar-refractivity contribution < 1.29 is 14.3 Å². The fourth-order valence-electron chi connectivity index (χ4n) is 3.84. The largest absolute Gasteiger partial charge is 0.476 e. The normalized spacial score (nSPS) is 26.5. The van der Waals surface area contributed by atoms with Gasteiger partial charge in [-0.25, -0.2) is 4.98 Å². The fraction of sp³-hybridized carbons (Fsp3) is 0.500. The molecule has 1 saturated heterocycles. The standard InChI is InChI=1S/C20H23ClN4O3/c1-11(13-7-15(21)18(24-8-13)28-9-12-3-4-12)25-10-20(16(22)17(26)23-2)6-5-14(20)19(25)27/h5-8,11-12,14,22H,3-4,9-10H2,1-2H3,(H,23,26). The molecule has 0 radical (unpaired) electrons. The molecule has 1 aliphatic heterocycles. The maximum absolute atomic E-state index is 12.9. The molecule has 3 unspecified atom stereocenters. The van der Waals surface area contributed by atoms with E-state index in [2.05, 4.69) is 10.3 Å². The highest BCUT2D eigenvalue weighted by atomic mass is 35.5. The maximum atomic E-state index is 12.9. The van der Waals surface area contributed by atoms with Crippen molar-refractivity contribution in [2.24, 2.45) is 17.3 Å². The van der Waals surface area contributed by atoms with Gasteiger partial charge in [-0.15, -0.1) is 0 Å². The average Bonchev–Trinajstić information content (AvgIpc) is 3.46. The van der Waals surface area contributed by atoms with Crippen molar-refractivity contribution in [3.05, 3.63) is 35.0 Å². The molecule has 7 nitrogen and oxygen atoms in total. The predicted octanol–water partition coefficient (Wildman–Crippen LogP) is 2.37. The number of ether oxygens (including phenoxy) is 1. The van der Waals surface area contributed by atoms with Gasteiger partial charge in [0.2, 0.25) is 11.8 Å². The van der Waals surface area contributed by atoms with Crippen molar-refractivity contribution in [2.75, 3.05) is 20.2 Å². The van der Waals surface area contributed by atoms with E-state index >= 15 is 0 Å². The lowest BCUT2D eigenvalue weighted by Crippen LogP contribution is -2.48. The second-order valence-electron chi connectivity index (χ2n) is 7.78. The number of nitrogens with zero attached hydrogens (tertiary/aromatic N) is 2. The minimum atomic E-state index is -0.851. The second-order valence-corrected chi connectivity index (χ2v) is 8.19. The number of carbonyl (C=O) groups excluding carboxylic acids is 2. The zero-order chi connectivity index (χ0) is 20.1. The fourth-order valence-corrected chi connectivity index (χ4v) is 4.06. The maximum Gasteiger partial charge on any atom is 0.265 e. The van der Waals surface area contributed by atoms with Gasteiger partial charge in [0, 0.05) is 19.8 Å². The van der Waals surface area contributed by atoms with Crippen LogP contribution < -0.4 is 10.1 Å². The first kappa shape index (κ1) is 18.9. The number of hydrogen-bond donors (Lipinski definition) is 2. The minimum absolute atomic E-state index is 0.0782. The molecule has 2 fully saturated rings. The molecule has 2 N–H and O–H groups in total. The Morgan fingerprint density at radius 3 is 2.86 bits per heavy atom. The molecular formula is C20H23ClN4O3. The molecule has 148 valence electrons. The molecule has 0 spiro atoms. The molecule has 1 saturated carbocycles. The Hall–Kier alpha value is -2.41. The van der Waals surface area contributed by atoms with Gasteiger partial charge < -0.3 is 15.0 Å². The van der Waals surface area contributed by atoms with Gasteiger partial charge in [-0.1, -0.05) is 23.8 Å². The molecular weight excluding hydrogens is 380 g/mol. The van der Waals surface area contributed by atoms with E-state index in [0.717, 1.165) is 5.56 Å². The molecule has 3 atom stereocenters. The highest BCUT2D eigenvalue weighted by molar-refractivity contribution is 6.41. The molecule has 1 aromatic rings. The third-order valence-electron chi connectivity index (χ3n) is 5.97. The summed E-state index contributed by atoms with van der Waals surface area (Å²) in [5.41, 5.74) is -0.138. The zero-order valence-electron chi connectivity index (χ0n) is 15.9. The van der Waals surface area contributed by atoms with E-state index in [-0.39, 0.29) is 24.2 Å². The van der Waals surface area contributed by atoms with Crippen LogP contribution in [-0.2, 0) is 9.59 Å². The summed E-state index contributed by atoms with van der Waals surface area (Å²) in [4.78, 5) is 30.9. The molecule has 8 heteroatoms. The first-order chi connectivity index (χ1) is 13.4. The average molecular weight is 403 g/mol. The Bertz CT molecular complexity index is 882. The summed E-state index contributed by atoms with van der Waals surface area (Å²) in [5, 5.41) is 11.2. The molecule has 0 bridgehead atoms. The number of likely N-dealkylation sites (tertiary alicyclic amines) is 1. The van der Waals surface area contributed by atoms with Gasteiger partial charge in [0.1, 0.15) is 10.7 Å². The molecule has 3 aliphatic rings. The van der Waals surface area contributed by atoms with Gasteiger partial charge in [-0.2, -0.15) is 0 Å².